The topological polar surface area (TPSA) is 48.1 Å². The van der Waals surface area contributed by atoms with E-state index in [1.165, 1.54) is 31.4 Å². The van der Waals surface area contributed by atoms with Gasteiger partial charge in [0, 0.05) is 44.8 Å². The van der Waals surface area contributed by atoms with Gasteiger partial charge in [0.25, 0.3) is 5.69 Å². The average molecular weight is 566 g/mol. The summed E-state index contributed by atoms with van der Waals surface area (Å²) in [5, 5.41) is 12.7. The maximum atomic E-state index is 11.8. The molecule has 0 amide bonds. The number of fused-ring (bicyclic) bond motifs is 9. The van der Waals surface area contributed by atoms with Gasteiger partial charge in [0.15, 0.2) is 0 Å². The number of hydrogen-bond donors (Lipinski definition) is 0. The van der Waals surface area contributed by atoms with Crippen LogP contribution in [0.1, 0.15) is 27.9 Å². The third kappa shape index (κ3) is 2.46. The minimum absolute atomic E-state index is 0.115. The fourth-order valence-electron chi connectivity index (χ4n) is 6.23. The molecule has 0 aliphatic heterocycles. The van der Waals surface area contributed by atoms with E-state index in [0.717, 1.165) is 27.7 Å². The first kappa shape index (κ1) is 20.6. The lowest BCUT2D eigenvalue weighted by molar-refractivity contribution is -0.384. The van der Waals surface area contributed by atoms with Crippen LogP contribution >= 0.6 is 22.6 Å². The molecule has 168 valence electrons. The molecule has 0 N–H and O–H groups in total. The van der Waals surface area contributed by atoms with Gasteiger partial charge in [0.05, 0.1) is 16.0 Å². The van der Waals surface area contributed by atoms with Crippen LogP contribution in [0.3, 0.4) is 0 Å². The molecule has 2 aliphatic carbocycles. The van der Waals surface area contributed by atoms with Crippen molar-refractivity contribution < 1.29 is 4.92 Å². The fourth-order valence-corrected chi connectivity index (χ4v) is 7.65. The van der Waals surface area contributed by atoms with E-state index in [1.807, 2.05) is 12.1 Å². The molecule has 4 nitrogen and oxygen atoms in total. The highest BCUT2D eigenvalue weighted by molar-refractivity contribution is 14.1. The zero-order valence-corrected chi connectivity index (χ0v) is 21.0. The number of nitro benzene ring substituents is 1. The number of allylic oxidation sites excluding steroid dienone is 1. The zero-order valence-electron chi connectivity index (χ0n) is 18.8. The van der Waals surface area contributed by atoms with Gasteiger partial charge in [-0.15, -0.1) is 0 Å². The van der Waals surface area contributed by atoms with Gasteiger partial charge >= 0.3 is 0 Å². The Balaban J connectivity index is 1.73. The van der Waals surface area contributed by atoms with Crippen LogP contribution in [-0.2, 0) is 12.5 Å². The molecule has 1 aromatic heterocycles. The van der Waals surface area contributed by atoms with Crippen molar-refractivity contribution in [3.63, 3.8) is 0 Å². The summed E-state index contributed by atoms with van der Waals surface area (Å²) < 4.78 is 3.45. The zero-order chi connectivity index (χ0) is 23.9. The first-order chi connectivity index (χ1) is 17.0. The molecular formula is C30H19IN2O2. The van der Waals surface area contributed by atoms with E-state index in [9.17, 15) is 10.1 Å². The molecule has 0 radical (unpaired) electrons. The monoisotopic (exact) mass is 566 g/mol. The first-order valence-electron chi connectivity index (χ1n) is 11.5. The number of halogens is 1. The van der Waals surface area contributed by atoms with Gasteiger partial charge in [-0.1, -0.05) is 78.9 Å². The third-order valence-corrected chi connectivity index (χ3v) is 8.92. The summed E-state index contributed by atoms with van der Waals surface area (Å²) in [7, 11) is 2.08. The van der Waals surface area contributed by atoms with Crippen LogP contribution in [0.25, 0.3) is 27.6 Å². The smallest absolute Gasteiger partial charge is 0.270 e. The third-order valence-electron chi connectivity index (χ3n) is 7.57. The minimum Gasteiger partial charge on any atom is -0.343 e. The van der Waals surface area contributed by atoms with Crippen molar-refractivity contribution in [3.05, 3.63) is 139 Å². The highest BCUT2D eigenvalue weighted by atomic mass is 127. The van der Waals surface area contributed by atoms with Gasteiger partial charge in [0.2, 0.25) is 0 Å². The lowest BCUT2D eigenvalue weighted by Gasteiger charge is -2.29. The van der Waals surface area contributed by atoms with E-state index >= 15 is 0 Å². The van der Waals surface area contributed by atoms with Gasteiger partial charge in [-0.25, -0.2) is 0 Å². The number of nitrogens with zero attached hydrogens (tertiary/aromatic N) is 2. The summed E-state index contributed by atoms with van der Waals surface area (Å²) in [6.45, 7) is 0. The van der Waals surface area contributed by atoms with Crippen molar-refractivity contribution in [1.29, 1.82) is 0 Å². The van der Waals surface area contributed by atoms with Crippen LogP contribution in [0.5, 0.6) is 0 Å². The Bertz CT molecular complexity index is 1700. The van der Waals surface area contributed by atoms with E-state index < -0.39 is 5.41 Å². The van der Waals surface area contributed by atoms with Gasteiger partial charge in [-0.05, 0) is 56.5 Å². The van der Waals surface area contributed by atoms with E-state index in [2.05, 4.69) is 107 Å². The molecule has 5 heteroatoms. The lowest BCUT2D eigenvalue weighted by Crippen LogP contribution is -2.25. The number of nitro groups is 1. The number of aromatic nitrogens is 1. The fraction of sp³-hybridized carbons (Fsp3) is 0.0667. The number of aryl methyl sites for hydroxylation is 1. The molecule has 4 aromatic carbocycles. The van der Waals surface area contributed by atoms with E-state index in [0.29, 0.717) is 0 Å². The number of benzene rings is 4. The van der Waals surface area contributed by atoms with Crippen LogP contribution in [0.2, 0.25) is 0 Å². The van der Waals surface area contributed by atoms with Gasteiger partial charge < -0.3 is 4.57 Å². The molecule has 1 spiro atoms. The molecule has 0 atom stereocenters. The van der Waals surface area contributed by atoms with Crippen LogP contribution in [0.15, 0.2) is 101 Å². The lowest BCUT2D eigenvalue weighted by atomic mass is 9.74. The van der Waals surface area contributed by atoms with E-state index in [-0.39, 0.29) is 10.6 Å². The predicted molar refractivity (Wildman–Crippen MR) is 148 cm³/mol. The minimum atomic E-state index is -0.525. The first-order valence-corrected chi connectivity index (χ1v) is 12.6. The summed E-state index contributed by atoms with van der Waals surface area (Å²) in [6.07, 6.45) is 0. The van der Waals surface area contributed by atoms with Gasteiger partial charge in [-0.3, -0.25) is 10.1 Å². The van der Waals surface area contributed by atoms with Crippen molar-refractivity contribution >= 4 is 44.8 Å². The Morgan fingerprint density at radius 1 is 0.829 bits per heavy atom. The highest BCUT2D eigenvalue weighted by Gasteiger charge is 2.54. The summed E-state index contributed by atoms with van der Waals surface area (Å²) in [6, 6.07) is 33.0. The Labute approximate surface area is 215 Å². The summed E-state index contributed by atoms with van der Waals surface area (Å²) in [5.74, 6) is 0. The quantitative estimate of drug-likeness (QED) is 0.126. The predicted octanol–water partition coefficient (Wildman–Crippen LogP) is 7.61. The average Bonchev–Trinajstić information content (AvgIpc) is 3.45. The molecule has 0 fully saturated rings. The molecule has 7 rings (SSSR count). The Kier molecular flexibility index (Phi) is 4.22. The van der Waals surface area contributed by atoms with Crippen LogP contribution in [0, 0.1) is 10.1 Å². The number of non-ortho nitro benzene ring substituents is 1. The highest BCUT2D eigenvalue weighted by Crippen LogP contribution is 2.66. The number of hydrogen-bond acceptors (Lipinski definition) is 2. The molecule has 0 saturated heterocycles. The summed E-state index contributed by atoms with van der Waals surface area (Å²) >= 11 is 2.54. The Hall–Kier alpha value is -3.71. The Morgan fingerprint density at radius 3 is 2.06 bits per heavy atom. The van der Waals surface area contributed by atoms with Crippen molar-refractivity contribution in [2.75, 3.05) is 0 Å². The molecular weight excluding hydrogens is 547 g/mol. The second-order valence-corrected chi connectivity index (χ2v) is 10.2. The van der Waals surface area contributed by atoms with Crippen LogP contribution < -0.4 is 0 Å². The standard InChI is InChI=1S/C30H19IN2O2/c1-32-25-16-15-19(33(34)35)17-22(25)27-28(32)26(18-9-3-2-4-10-18)29(31)30(27)23-13-7-5-11-20(23)21-12-6-8-14-24(21)30/h2-17H,1H3. The second kappa shape index (κ2) is 7.15. The molecule has 0 saturated carbocycles. The second-order valence-electron chi connectivity index (χ2n) is 9.14. The summed E-state index contributed by atoms with van der Waals surface area (Å²) in [4.78, 5) is 11.5. The molecule has 0 bridgehead atoms. The van der Waals surface area contributed by atoms with E-state index in [1.54, 1.807) is 12.1 Å². The van der Waals surface area contributed by atoms with Crippen molar-refractivity contribution in [2.24, 2.45) is 7.05 Å². The maximum absolute atomic E-state index is 11.8. The van der Waals surface area contributed by atoms with Gasteiger partial charge in [0.1, 0.15) is 0 Å². The van der Waals surface area contributed by atoms with Gasteiger partial charge in [-0.2, -0.15) is 0 Å². The molecule has 0 unspecified atom stereocenters. The Morgan fingerprint density at radius 2 is 1.43 bits per heavy atom. The van der Waals surface area contributed by atoms with Crippen molar-refractivity contribution in [3.8, 4) is 11.1 Å². The van der Waals surface area contributed by atoms with Crippen LogP contribution in [-0.4, -0.2) is 9.49 Å². The largest absolute Gasteiger partial charge is 0.343 e. The normalized spacial score (nSPS) is 14.9. The molecule has 35 heavy (non-hydrogen) atoms. The number of rotatable bonds is 2. The molecule has 2 aliphatic rings. The van der Waals surface area contributed by atoms with Crippen LogP contribution in [0.4, 0.5) is 5.69 Å². The van der Waals surface area contributed by atoms with Crippen molar-refractivity contribution in [1.82, 2.24) is 4.57 Å². The molecule has 5 aromatic rings. The van der Waals surface area contributed by atoms with Crippen molar-refractivity contribution in [2.45, 2.75) is 5.41 Å². The molecule has 1 heterocycles. The maximum Gasteiger partial charge on any atom is 0.270 e. The summed E-state index contributed by atoms with van der Waals surface area (Å²) in [5.41, 5.74) is 10.1. The van der Waals surface area contributed by atoms with E-state index in [4.69, 9.17) is 0 Å². The SMILES string of the molecule is Cn1c2c(c3cc([N+](=O)[O-])ccc31)C1(C(I)=C2c2ccccc2)c2ccccc2-c2ccccc21.